The van der Waals surface area contributed by atoms with Crippen LogP contribution in [0.3, 0.4) is 0 Å². The maximum Gasteiger partial charge on any atom is 0.271 e. The molecule has 2 heterocycles. The van der Waals surface area contributed by atoms with Gasteiger partial charge < -0.3 is 15.0 Å². The molecule has 2 fully saturated rings. The van der Waals surface area contributed by atoms with E-state index in [1.54, 1.807) is 36.9 Å². The number of ether oxygens (including phenoxy) is 1. The SMILES string of the molecule is CC1(C)Oc2ccc(C(=O)NC3CC3)cc2N(CC(=O)N2CCCC2)C1=O. The minimum absolute atomic E-state index is 0.0354. The largest absolute Gasteiger partial charge is 0.476 e. The van der Waals surface area contributed by atoms with Gasteiger partial charge in [0.05, 0.1) is 5.69 Å². The lowest BCUT2D eigenvalue weighted by molar-refractivity contribution is -0.136. The highest BCUT2D eigenvalue weighted by molar-refractivity contribution is 6.07. The highest BCUT2D eigenvalue weighted by Gasteiger charge is 2.42. The van der Waals surface area contributed by atoms with E-state index in [1.165, 1.54) is 4.90 Å². The molecule has 0 radical (unpaired) electrons. The zero-order chi connectivity index (χ0) is 19.2. The van der Waals surface area contributed by atoms with E-state index < -0.39 is 5.60 Å². The van der Waals surface area contributed by atoms with Gasteiger partial charge in [-0.15, -0.1) is 0 Å². The Kier molecular flexibility index (Phi) is 4.32. The van der Waals surface area contributed by atoms with Crippen LogP contribution >= 0.6 is 0 Å². The third-order valence-corrected chi connectivity index (χ3v) is 5.30. The average Bonchev–Trinajstić information content (AvgIpc) is 3.26. The highest BCUT2D eigenvalue weighted by Crippen LogP contribution is 2.38. The number of benzene rings is 1. The third-order valence-electron chi connectivity index (χ3n) is 5.30. The molecule has 1 aromatic carbocycles. The smallest absolute Gasteiger partial charge is 0.271 e. The Morgan fingerprint density at radius 1 is 1.22 bits per heavy atom. The van der Waals surface area contributed by atoms with Gasteiger partial charge in [-0.3, -0.25) is 19.3 Å². The Morgan fingerprint density at radius 2 is 1.93 bits per heavy atom. The number of nitrogens with zero attached hydrogens (tertiary/aromatic N) is 2. The molecule has 1 aliphatic carbocycles. The summed E-state index contributed by atoms with van der Waals surface area (Å²) in [5.74, 6) is -0.000158. The van der Waals surface area contributed by atoms with Crippen LogP contribution in [0.2, 0.25) is 0 Å². The second-order valence-corrected chi connectivity index (χ2v) is 8.02. The highest BCUT2D eigenvalue weighted by atomic mass is 16.5. The van der Waals surface area contributed by atoms with E-state index >= 15 is 0 Å². The monoisotopic (exact) mass is 371 g/mol. The first-order valence-electron chi connectivity index (χ1n) is 9.59. The molecule has 27 heavy (non-hydrogen) atoms. The van der Waals surface area contributed by atoms with Crippen molar-refractivity contribution in [2.45, 2.75) is 51.2 Å². The van der Waals surface area contributed by atoms with Gasteiger partial charge in [0, 0.05) is 24.7 Å². The number of amides is 3. The van der Waals surface area contributed by atoms with E-state index in [1.807, 2.05) is 0 Å². The molecule has 0 unspecified atom stereocenters. The first-order chi connectivity index (χ1) is 12.8. The molecule has 4 rings (SSSR count). The summed E-state index contributed by atoms with van der Waals surface area (Å²) in [5, 5.41) is 2.95. The van der Waals surface area contributed by atoms with Crippen LogP contribution in [0, 0.1) is 0 Å². The summed E-state index contributed by atoms with van der Waals surface area (Å²) in [4.78, 5) is 41.3. The number of carbonyl (C=O) groups excluding carboxylic acids is 3. The van der Waals surface area contributed by atoms with E-state index in [4.69, 9.17) is 4.74 Å². The van der Waals surface area contributed by atoms with Gasteiger partial charge >= 0.3 is 0 Å². The molecule has 0 bridgehead atoms. The predicted molar refractivity (Wildman–Crippen MR) is 99.8 cm³/mol. The Hall–Kier alpha value is -2.57. The summed E-state index contributed by atoms with van der Waals surface area (Å²) in [7, 11) is 0. The van der Waals surface area contributed by atoms with Crippen LogP contribution in [0.15, 0.2) is 18.2 Å². The molecule has 7 heteroatoms. The van der Waals surface area contributed by atoms with E-state index in [9.17, 15) is 14.4 Å². The molecule has 1 aromatic rings. The lowest BCUT2D eigenvalue weighted by Crippen LogP contribution is -2.55. The molecule has 0 aromatic heterocycles. The van der Waals surface area contributed by atoms with Crippen molar-refractivity contribution in [3.8, 4) is 5.75 Å². The van der Waals surface area contributed by atoms with Crippen LogP contribution in [0.25, 0.3) is 0 Å². The fraction of sp³-hybridized carbons (Fsp3) is 0.550. The van der Waals surface area contributed by atoms with Gasteiger partial charge in [-0.2, -0.15) is 0 Å². The van der Waals surface area contributed by atoms with Crippen molar-refractivity contribution in [3.05, 3.63) is 23.8 Å². The number of carbonyl (C=O) groups is 3. The summed E-state index contributed by atoms with van der Waals surface area (Å²) in [6, 6.07) is 5.30. The number of hydrogen-bond acceptors (Lipinski definition) is 4. The van der Waals surface area contributed by atoms with E-state index in [2.05, 4.69) is 5.32 Å². The van der Waals surface area contributed by atoms with Gasteiger partial charge in [-0.05, 0) is 57.7 Å². The molecule has 3 aliphatic rings. The predicted octanol–water partition coefficient (Wildman–Crippen LogP) is 1.71. The number of likely N-dealkylation sites (tertiary alicyclic amines) is 1. The molecular weight excluding hydrogens is 346 g/mol. The molecule has 1 N–H and O–H groups in total. The van der Waals surface area contributed by atoms with Crippen molar-refractivity contribution >= 4 is 23.4 Å². The second-order valence-electron chi connectivity index (χ2n) is 8.02. The number of fused-ring (bicyclic) bond motifs is 1. The standard InChI is InChI=1S/C20H25N3O4/c1-20(2)19(26)23(12-17(24)22-9-3-4-10-22)15-11-13(5-8-16(15)27-20)18(25)21-14-6-7-14/h5,8,11,14H,3-4,6-7,9-10,12H2,1-2H3,(H,21,25). The van der Waals surface area contributed by atoms with Crippen LogP contribution in [0.5, 0.6) is 5.75 Å². The van der Waals surface area contributed by atoms with Crippen molar-refractivity contribution in [2.75, 3.05) is 24.5 Å². The molecule has 0 atom stereocenters. The summed E-state index contributed by atoms with van der Waals surface area (Å²) >= 11 is 0. The van der Waals surface area contributed by atoms with Crippen LogP contribution in [-0.2, 0) is 9.59 Å². The average molecular weight is 371 g/mol. The summed E-state index contributed by atoms with van der Waals surface area (Å²) < 4.78 is 5.85. The lowest BCUT2D eigenvalue weighted by atomic mass is 10.0. The van der Waals surface area contributed by atoms with Gasteiger partial charge in [0.25, 0.3) is 11.8 Å². The molecule has 1 saturated heterocycles. The van der Waals surface area contributed by atoms with Crippen LogP contribution in [0.1, 0.15) is 49.9 Å². The molecule has 3 amide bonds. The Labute approximate surface area is 158 Å². The number of rotatable bonds is 4. The normalized spacial score (nSPS) is 20.9. The van der Waals surface area contributed by atoms with Crippen molar-refractivity contribution in [1.29, 1.82) is 0 Å². The van der Waals surface area contributed by atoms with Crippen molar-refractivity contribution in [2.24, 2.45) is 0 Å². The fourth-order valence-electron chi connectivity index (χ4n) is 3.56. The zero-order valence-corrected chi connectivity index (χ0v) is 15.8. The molecule has 2 aliphatic heterocycles. The van der Waals surface area contributed by atoms with Crippen LogP contribution < -0.4 is 15.0 Å². The minimum atomic E-state index is -1.06. The van der Waals surface area contributed by atoms with E-state index in [-0.39, 0.29) is 30.3 Å². The third kappa shape index (κ3) is 3.50. The molecular formula is C20H25N3O4. The maximum absolute atomic E-state index is 13.0. The van der Waals surface area contributed by atoms with Gasteiger partial charge in [0.2, 0.25) is 5.91 Å². The first kappa shape index (κ1) is 17.8. The van der Waals surface area contributed by atoms with Gasteiger partial charge in [0.15, 0.2) is 5.60 Å². The maximum atomic E-state index is 13.0. The summed E-state index contributed by atoms with van der Waals surface area (Å²) in [6.45, 7) is 4.82. The summed E-state index contributed by atoms with van der Waals surface area (Å²) in [5.41, 5.74) is -0.110. The Morgan fingerprint density at radius 3 is 2.59 bits per heavy atom. The fourth-order valence-corrected chi connectivity index (χ4v) is 3.56. The van der Waals surface area contributed by atoms with Crippen molar-refractivity contribution in [3.63, 3.8) is 0 Å². The number of anilines is 1. The zero-order valence-electron chi connectivity index (χ0n) is 15.8. The second kappa shape index (κ2) is 6.55. The molecule has 1 saturated carbocycles. The Bertz CT molecular complexity index is 794. The number of nitrogens with one attached hydrogen (secondary N) is 1. The number of hydrogen-bond donors (Lipinski definition) is 1. The van der Waals surface area contributed by atoms with Gasteiger partial charge in [0.1, 0.15) is 12.3 Å². The van der Waals surface area contributed by atoms with Crippen LogP contribution in [0.4, 0.5) is 5.69 Å². The van der Waals surface area contributed by atoms with E-state index in [0.29, 0.717) is 17.0 Å². The first-order valence-corrected chi connectivity index (χ1v) is 9.59. The Balaban J connectivity index is 1.63. The van der Waals surface area contributed by atoms with Gasteiger partial charge in [-0.1, -0.05) is 0 Å². The van der Waals surface area contributed by atoms with Crippen molar-refractivity contribution < 1.29 is 19.1 Å². The molecule has 0 spiro atoms. The van der Waals surface area contributed by atoms with Crippen LogP contribution in [-0.4, -0.2) is 53.9 Å². The van der Waals surface area contributed by atoms with E-state index in [0.717, 1.165) is 38.8 Å². The quantitative estimate of drug-likeness (QED) is 0.874. The summed E-state index contributed by atoms with van der Waals surface area (Å²) in [6.07, 6.45) is 4.00. The van der Waals surface area contributed by atoms with Crippen molar-refractivity contribution in [1.82, 2.24) is 10.2 Å². The minimum Gasteiger partial charge on any atom is -0.476 e. The topological polar surface area (TPSA) is 79.0 Å². The lowest BCUT2D eigenvalue weighted by Gasteiger charge is -2.39. The van der Waals surface area contributed by atoms with Gasteiger partial charge in [-0.25, -0.2) is 0 Å². The molecule has 7 nitrogen and oxygen atoms in total. The molecule has 144 valence electrons.